The minimum absolute atomic E-state index is 0.117. The third-order valence-corrected chi connectivity index (χ3v) is 4.85. The molecule has 9 nitrogen and oxygen atoms in total. The van der Waals surface area contributed by atoms with Crippen molar-refractivity contribution in [1.82, 2.24) is 9.80 Å². The van der Waals surface area contributed by atoms with Gasteiger partial charge in [0.05, 0.1) is 39.4 Å². The van der Waals surface area contributed by atoms with Gasteiger partial charge >= 0.3 is 5.97 Å². The minimum Gasteiger partial charge on any atom is -0.496 e. The van der Waals surface area contributed by atoms with Gasteiger partial charge < -0.3 is 29.1 Å². The molecule has 2 rings (SSSR count). The molecule has 0 atom stereocenters. The van der Waals surface area contributed by atoms with Crippen LogP contribution in [0.5, 0.6) is 17.2 Å². The van der Waals surface area contributed by atoms with Crippen molar-refractivity contribution < 1.29 is 33.7 Å². The highest BCUT2D eigenvalue weighted by atomic mass is 16.5. The van der Waals surface area contributed by atoms with Gasteiger partial charge in [-0.2, -0.15) is 0 Å². The maximum atomic E-state index is 12.9. The number of carbonyl (C=O) groups is 3. The van der Waals surface area contributed by atoms with Crippen molar-refractivity contribution in [3.63, 3.8) is 0 Å². The average Bonchev–Trinajstić information content (AvgIpc) is 2.71. The molecule has 1 aromatic rings. The van der Waals surface area contributed by atoms with Crippen LogP contribution in [0, 0.1) is 5.92 Å². The van der Waals surface area contributed by atoms with Gasteiger partial charge in [0.15, 0.2) is 11.5 Å². The van der Waals surface area contributed by atoms with Crippen LogP contribution in [0.3, 0.4) is 0 Å². The fourth-order valence-electron chi connectivity index (χ4n) is 3.15. The second-order valence-electron chi connectivity index (χ2n) is 6.56. The monoisotopic (exact) mass is 394 g/mol. The Morgan fingerprint density at radius 2 is 1.57 bits per heavy atom. The first-order valence-electron chi connectivity index (χ1n) is 8.88. The Morgan fingerprint density at radius 1 is 1.04 bits per heavy atom. The number of amides is 2. The summed E-state index contributed by atoms with van der Waals surface area (Å²) >= 11 is 0. The van der Waals surface area contributed by atoms with Crippen molar-refractivity contribution >= 4 is 17.8 Å². The smallest absolute Gasteiger partial charge is 0.306 e. The average molecular weight is 394 g/mol. The van der Waals surface area contributed by atoms with E-state index < -0.39 is 17.8 Å². The number of rotatable bonds is 7. The summed E-state index contributed by atoms with van der Waals surface area (Å²) in [5.74, 6) is -0.757. The Bertz CT molecular complexity index is 742. The summed E-state index contributed by atoms with van der Waals surface area (Å²) in [5.41, 5.74) is 0.250. The molecule has 1 heterocycles. The van der Waals surface area contributed by atoms with E-state index in [0.717, 1.165) is 0 Å². The first kappa shape index (κ1) is 21.3. The molecule has 0 spiro atoms. The molecule has 9 heteroatoms. The van der Waals surface area contributed by atoms with Gasteiger partial charge in [0.25, 0.3) is 5.91 Å². The zero-order chi connectivity index (χ0) is 20.8. The van der Waals surface area contributed by atoms with E-state index in [1.807, 2.05) is 0 Å². The Balaban J connectivity index is 2.08. The van der Waals surface area contributed by atoms with Crippen molar-refractivity contribution in [2.75, 3.05) is 48.0 Å². The molecule has 1 aromatic carbocycles. The number of aliphatic carboxylic acids is 1. The topological polar surface area (TPSA) is 106 Å². The molecule has 0 radical (unpaired) electrons. The summed E-state index contributed by atoms with van der Waals surface area (Å²) in [5, 5.41) is 9.05. The lowest BCUT2D eigenvalue weighted by Gasteiger charge is -2.31. The first-order valence-corrected chi connectivity index (χ1v) is 8.88. The number of ether oxygens (including phenoxy) is 3. The number of carboxylic acid groups (broad SMARTS) is 1. The number of nitrogens with zero attached hydrogens (tertiary/aromatic N) is 2. The van der Waals surface area contributed by atoms with Crippen LogP contribution < -0.4 is 14.2 Å². The van der Waals surface area contributed by atoms with Gasteiger partial charge in [-0.05, 0) is 12.8 Å². The van der Waals surface area contributed by atoms with E-state index in [0.29, 0.717) is 43.2 Å². The fraction of sp³-hybridized carbons (Fsp3) is 0.526. The van der Waals surface area contributed by atoms with Gasteiger partial charge in [0.1, 0.15) is 5.75 Å². The molecule has 1 aliphatic rings. The summed E-state index contributed by atoms with van der Waals surface area (Å²) in [7, 11) is 5.92. The Kier molecular flexibility index (Phi) is 7.08. The Morgan fingerprint density at radius 3 is 2.07 bits per heavy atom. The van der Waals surface area contributed by atoms with Crippen LogP contribution in [0.1, 0.15) is 23.2 Å². The van der Waals surface area contributed by atoms with Crippen LogP contribution >= 0.6 is 0 Å². The van der Waals surface area contributed by atoms with Gasteiger partial charge in [0.2, 0.25) is 5.91 Å². The van der Waals surface area contributed by atoms with Crippen molar-refractivity contribution in [2.24, 2.45) is 5.92 Å². The lowest BCUT2D eigenvalue weighted by atomic mass is 9.97. The predicted octanol–water partition coefficient (Wildman–Crippen LogP) is 1.11. The molecule has 1 N–H and O–H groups in total. The highest BCUT2D eigenvalue weighted by Crippen LogP contribution is 2.35. The molecule has 28 heavy (non-hydrogen) atoms. The van der Waals surface area contributed by atoms with Crippen LogP contribution in [0.2, 0.25) is 0 Å². The maximum absolute atomic E-state index is 12.9. The SMILES string of the molecule is COc1cc(OC)c(C(=O)N(C)CC(=O)N2CCC(C(=O)O)CC2)cc1OC. The van der Waals surface area contributed by atoms with E-state index in [9.17, 15) is 14.4 Å². The van der Waals surface area contributed by atoms with Crippen molar-refractivity contribution in [2.45, 2.75) is 12.8 Å². The normalized spacial score (nSPS) is 14.4. The summed E-state index contributed by atoms with van der Waals surface area (Å²) in [6.07, 6.45) is 0.838. The molecule has 154 valence electrons. The minimum atomic E-state index is -0.833. The summed E-state index contributed by atoms with van der Waals surface area (Å²) < 4.78 is 15.7. The molecule has 0 aliphatic carbocycles. The van der Waals surface area contributed by atoms with Gasteiger partial charge in [0, 0.05) is 32.3 Å². The number of likely N-dealkylation sites (N-methyl/N-ethyl adjacent to an activating group) is 1. The molecule has 1 aliphatic heterocycles. The number of piperidine rings is 1. The van der Waals surface area contributed by atoms with E-state index in [1.165, 1.54) is 39.3 Å². The molecule has 1 fully saturated rings. The molecular formula is C19H26N2O7. The molecule has 0 bridgehead atoms. The molecule has 1 saturated heterocycles. The highest BCUT2D eigenvalue weighted by molar-refractivity contribution is 5.99. The van der Waals surface area contributed by atoms with E-state index in [4.69, 9.17) is 19.3 Å². The first-order chi connectivity index (χ1) is 13.3. The van der Waals surface area contributed by atoms with Crippen LogP contribution in [0.15, 0.2) is 12.1 Å². The van der Waals surface area contributed by atoms with E-state index in [-0.39, 0.29) is 18.0 Å². The van der Waals surface area contributed by atoms with E-state index in [2.05, 4.69) is 0 Å². The largest absolute Gasteiger partial charge is 0.496 e. The number of methoxy groups -OCH3 is 3. The molecule has 2 amide bonds. The summed E-state index contributed by atoms with van der Waals surface area (Å²) in [4.78, 5) is 39.3. The Hall–Kier alpha value is -2.97. The van der Waals surface area contributed by atoms with Gasteiger partial charge in [-0.25, -0.2) is 0 Å². The number of carbonyl (C=O) groups excluding carboxylic acids is 2. The van der Waals surface area contributed by atoms with E-state index in [1.54, 1.807) is 11.0 Å². The highest BCUT2D eigenvalue weighted by Gasteiger charge is 2.28. The number of benzene rings is 1. The zero-order valence-electron chi connectivity index (χ0n) is 16.6. The second kappa shape index (κ2) is 9.29. The van der Waals surface area contributed by atoms with Crippen molar-refractivity contribution in [3.8, 4) is 17.2 Å². The zero-order valence-corrected chi connectivity index (χ0v) is 16.6. The third kappa shape index (κ3) is 4.65. The summed E-state index contributed by atoms with van der Waals surface area (Å²) in [6, 6.07) is 3.07. The molecule has 0 unspecified atom stereocenters. The van der Waals surface area contributed by atoms with Crippen LogP contribution in [-0.2, 0) is 9.59 Å². The fourth-order valence-corrected chi connectivity index (χ4v) is 3.15. The number of hydrogen-bond donors (Lipinski definition) is 1. The lowest BCUT2D eigenvalue weighted by molar-refractivity contribution is -0.145. The number of carboxylic acids is 1. The second-order valence-corrected chi connectivity index (χ2v) is 6.56. The van der Waals surface area contributed by atoms with Gasteiger partial charge in [-0.3, -0.25) is 14.4 Å². The lowest BCUT2D eigenvalue weighted by Crippen LogP contribution is -2.45. The molecule has 0 saturated carbocycles. The van der Waals surface area contributed by atoms with Crippen LogP contribution in [-0.4, -0.2) is 80.7 Å². The van der Waals surface area contributed by atoms with E-state index >= 15 is 0 Å². The Labute approximate surface area is 163 Å². The molecular weight excluding hydrogens is 368 g/mol. The van der Waals surface area contributed by atoms with Crippen LogP contribution in [0.4, 0.5) is 0 Å². The van der Waals surface area contributed by atoms with Crippen molar-refractivity contribution in [1.29, 1.82) is 0 Å². The molecule has 0 aromatic heterocycles. The van der Waals surface area contributed by atoms with Crippen molar-refractivity contribution in [3.05, 3.63) is 17.7 Å². The van der Waals surface area contributed by atoms with Gasteiger partial charge in [-0.1, -0.05) is 0 Å². The third-order valence-electron chi connectivity index (χ3n) is 4.85. The predicted molar refractivity (Wildman–Crippen MR) is 100.0 cm³/mol. The van der Waals surface area contributed by atoms with Crippen LogP contribution in [0.25, 0.3) is 0 Å². The summed E-state index contributed by atoms with van der Waals surface area (Å²) in [6.45, 7) is 0.628. The quantitative estimate of drug-likeness (QED) is 0.738. The standard InChI is InChI=1S/C19H26N2O7/c1-20(11-17(22)21-7-5-12(6-8-21)19(24)25)18(23)13-9-15(27-3)16(28-4)10-14(13)26-2/h9-10,12H,5-8,11H2,1-4H3,(H,24,25). The van der Waals surface area contributed by atoms with Gasteiger partial charge in [-0.15, -0.1) is 0 Å². The number of likely N-dealkylation sites (tertiary alicyclic amines) is 1. The maximum Gasteiger partial charge on any atom is 0.306 e. The number of hydrogen-bond acceptors (Lipinski definition) is 6.